The van der Waals surface area contributed by atoms with Gasteiger partial charge in [-0.15, -0.1) is 0 Å². The molecule has 29 heavy (non-hydrogen) atoms. The molecule has 2 N–H and O–H groups in total. The smallest absolute Gasteiger partial charge is 0.364 e. The maximum absolute atomic E-state index is 13.1. The number of hydrogen-bond donors (Lipinski definition) is 1. The molecule has 0 bridgehead atoms. The second-order valence-electron chi connectivity index (χ2n) is 4.87. The van der Waals surface area contributed by atoms with E-state index >= 15 is 0 Å². The molecule has 0 saturated heterocycles. The van der Waals surface area contributed by atoms with E-state index in [0.29, 0.717) is 0 Å². The van der Waals surface area contributed by atoms with Crippen LogP contribution in [-0.2, 0) is 9.53 Å². The van der Waals surface area contributed by atoms with Crippen LogP contribution in [0.5, 0.6) is 0 Å². The van der Waals surface area contributed by atoms with Crippen molar-refractivity contribution in [1.29, 1.82) is 0 Å². The third kappa shape index (κ3) is 3.74. The zero-order chi connectivity index (χ0) is 24.3. The zero-order valence-corrected chi connectivity index (χ0v) is 12.3. The molecule has 3 nitrogen and oxygen atoms in total. The molecule has 0 aromatic heterocycles. The number of carbonyl (C=O) groups is 1. The van der Waals surface area contributed by atoms with Crippen LogP contribution in [0.1, 0.15) is 0 Å². The van der Waals surface area contributed by atoms with E-state index in [1.54, 1.807) is 0 Å². The van der Waals surface area contributed by atoms with Gasteiger partial charge in [-0.05, 0) is 0 Å². The maximum atomic E-state index is 13.1. The molecule has 0 radical (unpaired) electrons. The molecule has 0 aliphatic heterocycles. The minimum absolute atomic E-state index is 1.10. The van der Waals surface area contributed by atoms with E-state index in [1.165, 1.54) is 0 Å². The quantitative estimate of drug-likeness (QED) is 0.551. The number of alkyl halides is 17. The Kier molecular flexibility index (Phi) is 6.22. The number of nitrogens with two attached hydrogens (primary N) is 1. The van der Waals surface area contributed by atoms with Crippen LogP contribution in [0.15, 0.2) is 0 Å². The molecular weight excluding hydrogens is 477 g/mol. The summed E-state index contributed by atoms with van der Waals surface area (Å²) in [6.07, 6.45) is -23.6. The Morgan fingerprint density at radius 3 is 1.10 bits per heavy atom. The molecular formula is C9H2F17NO2. The van der Waals surface area contributed by atoms with Crippen molar-refractivity contribution in [2.75, 3.05) is 0 Å². The van der Waals surface area contributed by atoms with Gasteiger partial charge in [0.15, 0.2) is 0 Å². The van der Waals surface area contributed by atoms with E-state index in [1.807, 2.05) is 0 Å². The van der Waals surface area contributed by atoms with E-state index in [2.05, 4.69) is 5.73 Å². The van der Waals surface area contributed by atoms with Crippen molar-refractivity contribution in [3.05, 3.63) is 0 Å². The summed E-state index contributed by atoms with van der Waals surface area (Å²) in [6, 6.07) is 0. The van der Waals surface area contributed by atoms with Crippen molar-refractivity contribution in [3.8, 4) is 0 Å². The predicted molar refractivity (Wildman–Crippen MR) is 51.0 cm³/mol. The summed E-state index contributed by atoms with van der Waals surface area (Å²) in [4.78, 5) is 10.0. The Bertz CT molecular complexity index is 618. The molecule has 0 fully saturated rings. The third-order valence-corrected chi connectivity index (χ3v) is 2.86. The maximum Gasteiger partial charge on any atom is 0.458 e. The van der Waals surface area contributed by atoms with Crippen LogP contribution in [0.25, 0.3) is 0 Å². The fraction of sp³-hybridized carbons (Fsp3) is 0.889. The van der Waals surface area contributed by atoms with Gasteiger partial charge in [0.1, 0.15) is 0 Å². The Hall–Kier alpha value is -1.76. The Balaban J connectivity index is 6.58. The molecule has 0 unspecified atom stereocenters. The van der Waals surface area contributed by atoms with E-state index < -0.39 is 53.9 Å². The first-order valence-corrected chi connectivity index (χ1v) is 5.86. The normalized spacial score (nSPS) is 16.2. The predicted octanol–water partition coefficient (Wildman–Crippen LogP) is 4.41. The van der Waals surface area contributed by atoms with Gasteiger partial charge in [-0.1, -0.05) is 0 Å². The summed E-state index contributed by atoms with van der Waals surface area (Å²) in [5, 5.41) is 0. The summed E-state index contributed by atoms with van der Waals surface area (Å²) in [7, 11) is 0. The highest BCUT2D eigenvalue weighted by Crippen LogP contribution is 2.59. The number of amides is 1. The van der Waals surface area contributed by atoms with Crippen molar-refractivity contribution in [3.63, 3.8) is 0 Å². The second kappa shape index (κ2) is 6.62. The fourth-order valence-electron chi connectivity index (χ4n) is 1.25. The van der Waals surface area contributed by atoms with Crippen LogP contribution < -0.4 is 5.73 Å². The summed E-state index contributed by atoms with van der Waals surface area (Å²) in [5.74, 6) is -43.5. The lowest BCUT2D eigenvalue weighted by molar-refractivity contribution is -0.523. The van der Waals surface area contributed by atoms with Crippen LogP contribution in [0, 0.1) is 0 Å². The molecule has 1 amide bonds. The van der Waals surface area contributed by atoms with E-state index in [-0.39, 0.29) is 0 Å². The van der Waals surface area contributed by atoms with Gasteiger partial charge in [-0.25, -0.2) is 0 Å². The molecule has 0 atom stereocenters. The van der Waals surface area contributed by atoms with Crippen molar-refractivity contribution in [1.82, 2.24) is 0 Å². The second-order valence-corrected chi connectivity index (χ2v) is 4.87. The van der Waals surface area contributed by atoms with Crippen molar-refractivity contribution >= 4 is 5.91 Å². The van der Waals surface area contributed by atoms with Gasteiger partial charge in [0.2, 0.25) is 0 Å². The third-order valence-electron chi connectivity index (χ3n) is 2.86. The van der Waals surface area contributed by atoms with E-state index in [4.69, 9.17) is 0 Å². The number of primary amides is 1. The highest BCUT2D eigenvalue weighted by atomic mass is 19.4. The minimum Gasteiger partial charge on any atom is -0.364 e. The van der Waals surface area contributed by atoms with Gasteiger partial charge < -0.3 is 5.73 Å². The molecule has 0 spiro atoms. The fourth-order valence-corrected chi connectivity index (χ4v) is 1.25. The molecule has 0 aliphatic carbocycles. The topological polar surface area (TPSA) is 52.3 Å². The number of carbonyl (C=O) groups excluding carboxylic acids is 1. The molecule has 0 heterocycles. The van der Waals surface area contributed by atoms with Gasteiger partial charge in [0.25, 0.3) is 5.91 Å². The van der Waals surface area contributed by atoms with Crippen molar-refractivity contribution in [2.45, 2.75) is 48.0 Å². The van der Waals surface area contributed by atoms with Gasteiger partial charge >= 0.3 is 48.0 Å². The Morgan fingerprint density at radius 2 is 0.862 bits per heavy atom. The number of rotatable bonds is 7. The van der Waals surface area contributed by atoms with Crippen molar-refractivity contribution < 1.29 is 84.2 Å². The summed E-state index contributed by atoms with van der Waals surface area (Å²) < 4.78 is 216. The first kappa shape index (κ1) is 27.2. The Labute approximate surface area is 145 Å². The van der Waals surface area contributed by atoms with E-state index in [0.717, 1.165) is 4.74 Å². The molecule has 0 aliphatic rings. The highest BCUT2D eigenvalue weighted by Gasteiger charge is 2.90. The summed E-state index contributed by atoms with van der Waals surface area (Å²) in [6.45, 7) is 0. The SMILES string of the molecule is NC(=O)C(F)(F)C(F)(F)C(F)(F)C(F)(F)C(F)(F)OC(F)(C(F)(F)F)C(F)(F)F. The van der Waals surface area contributed by atoms with Gasteiger partial charge in [-0.2, -0.15) is 74.6 Å². The molecule has 174 valence electrons. The number of hydrogen-bond acceptors (Lipinski definition) is 2. The number of ether oxygens (including phenoxy) is 1. The molecule has 0 rings (SSSR count). The van der Waals surface area contributed by atoms with Crippen LogP contribution in [0.4, 0.5) is 74.6 Å². The van der Waals surface area contributed by atoms with Crippen LogP contribution in [0.3, 0.4) is 0 Å². The largest absolute Gasteiger partial charge is 0.458 e. The summed E-state index contributed by atoms with van der Waals surface area (Å²) >= 11 is 0. The number of halogens is 17. The molecule has 0 saturated carbocycles. The Morgan fingerprint density at radius 1 is 0.552 bits per heavy atom. The van der Waals surface area contributed by atoms with Gasteiger partial charge in [-0.3, -0.25) is 9.53 Å². The minimum atomic E-state index is -8.41. The van der Waals surface area contributed by atoms with Gasteiger partial charge in [0, 0.05) is 0 Å². The van der Waals surface area contributed by atoms with E-state index in [9.17, 15) is 79.4 Å². The van der Waals surface area contributed by atoms with Gasteiger partial charge in [0.05, 0.1) is 0 Å². The lowest BCUT2D eigenvalue weighted by Crippen LogP contribution is -2.71. The molecule has 0 aromatic carbocycles. The highest BCUT2D eigenvalue weighted by molar-refractivity contribution is 5.83. The molecule has 0 aromatic rings. The average Bonchev–Trinajstić information content (AvgIpc) is 2.43. The van der Waals surface area contributed by atoms with Crippen LogP contribution in [-0.4, -0.2) is 53.9 Å². The van der Waals surface area contributed by atoms with Crippen molar-refractivity contribution in [2.24, 2.45) is 5.73 Å². The standard InChI is InChI=1S/C9H2F17NO2/c10-2(11,1(27)28)3(12,13)4(14,15)5(16,17)9(25,26)29-6(18,7(19,20)21)8(22,23)24/h(H2,27,28). The average molecular weight is 479 g/mol. The molecule has 20 heteroatoms. The zero-order valence-electron chi connectivity index (χ0n) is 12.3. The first-order chi connectivity index (χ1) is 12.2. The van der Waals surface area contributed by atoms with Crippen LogP contribution in [0.2, 0.25) is 0 Å². The lowest BCUT2D eigenvalue weighted by Gasteiger charge is -2.40. The first-order valence-electron chi connectivity index (χ1n) is 5.86. The summed E-state index contributed by atoms with van der Waals surface area (Å²) in [5.41, 5.74) is 3.50. The van der Waals surface area contributed by atoms with Crippen LogP contribution >= 0.6 is 0 Å². The lowest BCUT2D eigenvalue weighted by atomic mass is 9.97. The monoisotopic (exact) mass is 479 g/mol.